The van der Waals surface area contributed by atoms with Crippen LogP contribution in [0, 0.1) is 0 Å². The van der Waals surface area contributed by atoms with Crippen molar-refractivity contribution in [2.24, 2.45) is 0 Å². The number of H-pyrrole nitrogens is 1. The Bertz CT molecular complexity index is 940. The molecule has 1 aliphatic heterocycles. The molecule has 28 heavy (non-hydrogen) atoms. The Kier molecular flexibility index (Phi) is 4.52. The summed E-state index contributed by atoms with van der Waals surface area (Å²) in [4.78, 5) is 35.0. The van der Waals surface area contributed by atoms with Crippen LogP contribution >= 0.6 is 0 Å². The lowest BCUT2D eigenvalue weighted by Crippen LogP contribution is -2.37. The van der Waals surface area contributed by atoms with Gasteiger partial charge in [-0.1, -0.05) is 30.3 Å². The standard InChI is InChI=1S/C22H27N3O3/c1-21(2,3)28-20(27)25-13-7-10-16-17(14-25)23-19(24-18(16)26)22(11-12-22)15-8-5-4-6-9-15/h4-6,8-9H,7,10-14H2,1-3H3,(H,23,24,26). The summed E-state index contributed by atoms with van der Waals surface area (Å²) in [5.41, 5.74) is 1.73. The number of aromatic amines is 1. The number of nitrogens with one attached hydrogen (secondary N) is 1. The van der Waals surface area contributed by atoms with Crippen molar-refractivity contribution in [3.05, 3.63) is 63.3 Å². The Morgan fingerprint density at radius 3 is 2.57 bits per heavy atom. The maximum Gasteiger partial charge on any atom is 0.410 e. The van der Waals surface area contributed by atoms with Crippen molar-refractivity contribution in [1.82, 2.24) is 14.9 Å². The first-order chi connectivity index (χ1) is 13.3. The molecule has 6 nitrogen and oxygen atoms in total. The number of rotatable bonds is 2. The lowest BCUT2D eigenvalue weighted by Gasteiger charge is -2.26. The summed E-state index contributed by atoms with van der Waals surface area (Å²) in [5, 5.41) is 0. The topological polar surface area (TPSA) is 75.3 Å². The van der Waals surface area contributed by atoms with Gasteiger partial charge in [-0.05, 0) is 52.0 Å². The average Bonchev–Trinajstić information content (AvgIpc) is 3.45. The highest BCUT2D eigenvalue weighted by Gasteiger charge is 2.48. The SMILES string of the molecule is CC(C)(C)OC(=O)N1CCCc2c(nc(C3(c4ccccc4)CC3)[nH]c2=O)C1. The van der Waals surface area contributed by atoms with Gasteiger partial charge in [-0.3, -0.25) is 4.79 Å². The van der Waals surface area contributed by atoms with E-state index in [1.165, 1.54) is 5.56 Å². The normalized spacial score (nSPS) is 18.2. The van der Waals surface area contributed by atoms with Crippen LogP contribution in [0.25, 0.3) is 0 Å². The van der Waals surface area contributed by atoms with E-state index in [9.17, 15) is 9.59 Å². The zero-order valence-electron chi connectivity index (χ0n) is 16.7. The second-order valence-corrected chi connectivity index (χ2v) is 8.79. The number of aromatic nitrogens is 2. The molecule has 2 aromatic rings. The molecule has 1 aromatic carbocycles. The van der Waals surface area contributed by atoms with Crippen molar-refractivity contribution >= 4 is 6.09 Å². The Morgan fingerprint density at radius 2 is 1.93 bits per heavy atom. The Labute approximate surface area is 164 Å². The largest absolute Gasteiger partial charge is 0.444 e. The van der Waals surface area contributed by atoms with Crippen molar-refractivity contribution in [2.45, 2.75) is 64.0 Å². The van der Waals surface area contributed by atoms with Crippen LogP contribution in [0.5, 0.6) is 0 Å². The predicted octanol–water partition coefficient (Wildman–Crippen LogP) is 3.53. The summed E-state index contributed by atoms with van der Waals surface area (Å²) in [6.45, 7) is 6.44. The third-order valence-corrected chi connectivity index (χ3v) is 5.48. The minimum atomic E-state index is -0.551. The molecule has 4 rings (SSSR count). The van der Waals surface area contributed by atoms with Crippen LogP contribution in [-0.4, -0.2) is 33.1 Å². The lowest BCUT2D eigenvalue weighted by atomic mass is 9.94. The van der Waals surface area contributed by atoms with Crippen molar-refractivity contribution in [2.75, 3.05) is 6.54 Å². The van der Waals surface area contributed by atoms with Crippen LogP contribution in [0.15, 0.2) is 35.1 Å². The fourth-order valence-corrected chi connectivity index (χ4v) is 3.89. The van der Waals surface area contributed by atoms with Crippen LogP contribution in [-0.2, 0) is 23.1 Å². The molecule has 2 heterocycles. The van der Waals surface area contributed by atoms with Crippen LogP contribution < -0.4 is 5.56 Å². The van der Waals surface area contributed by atoms with Gasteiger partial charge in [0.2, 0.25) is 0 Å². The Balaban J connectivity index is 1.68. The highest BCUT2D eigenvalue weighted by atomic mass is 16.6. The molecule has 0 unspecified atom stereocenters. The number of hydrogen-bond donors (Lipinski definition) is 1. The van der Waals surface area contributed by atoms with E-state index in [2.05, 4.69) is 17.1 Å². The maximum atomic E-state index is 12.8. The van der Waals surface area contributed by atoms with Gasteiger partial charge in [0.1, 0.15) is 11.4 Å². The van der Waals surface area contributed by atoms with Crippen LogP contribution in [0.4, 0.5) is 4.79 Å². The van der Waals surface area contributed by atoms with Gasteiger partial charge in [0, 0.05) is 12.1 Å². The Morgan fingerprint density at radius 1 is 1.21 bits per heavy atom. The fraction of sp³-hybridized carbons (Fsp3) is 0.500. The van der Waals surface area contributed by atoms with Gasteiger partial charge in [-0.2, -0.15) is 0 Å². The molecule has 1 N–H and O–H groups in total. The molecule has 0 bridgehead atoms. The molecule has 1 aromatic heterocycles. The van der Waals surface area contributed by atoms with E-state index in [1.54, 1.807) is 4.90 Å². The zero-order chi connectivity index (χ0) is 19.9. The zero-order valence-corrected chi connectivity index (χ0v) is 16.7. The number of nitrogens with zero attached hydrogens (tertiary/aromatic N) is 2. The van der Waals surface area contributed by atoms with Gasteiger partial charge < -0.3 is 14.6 Å². The predicted molar refractivity (Wildman–Crippen MR) is 106 cm³/mol. The number of carbonyl (C=O) groups excluding carboxylic acids is 1. The second-order valence-electron chi connectivity index (χ2n) is 8.79. The van der Waals surface area contributed by atoms with E-state index < -0.39 is 5.60 Å². The van der Waals surface area contributed by atoms with Crippen molar-refractivity contribution in [1.29, 1.82) is 0 Å². The number of carbonyl (C=O) groups is 1. The second kappa shape index (κ2) is 6.76. The van der Waals surface area contributed by atoms with Crippen LogP contribution in [0.3, 0.4) is 0 Å². The number of benzene rings is 1. The van der Waals surface area contributed by atoms with Gasteiger partial charge in [-0.15, -0.1) is 0 Å². The van der Waals surface area contributed by atoms with E-state index >= 15 is 0 Å². The van der Waals surface area contributed by atoms with Crippen molar-refractivity contribution in [3.8, 4) is 0 Å². The van der Waals surface area contributed by atoms with Gasteiger partial charge in [0.15, 0.2) is 0 Å². The minimum absolute atomic E-state index is 0.0757. The lowest BCUT2D eigenvalue weighted by molar-refractivity contribution is 0.0234. The smallest absolute Gasteiger partial charge is 0.410 e. The summed E-state index contributed by atoms with van der Waals surface area (Å²) < 4.78 is 5.53. The van der Waals surface area contributed by atoms with Crippen LogP contribution in [0.2, 0.25) is 0 Å². The minimum Gasteiger partial charge on any atom is -0.444 e. The number of ether oxygens (including phenoxy) is 1. The molecule has 0 atom stereocenters. The summed E-state index contributed by atoms with van der Waals surface area (Å²) in [6, 6.07) is 10.2. The van der Waals surface area contributed by atoms with E-state index in [1.807, 2.05) is 39.0 Å². The molecule has 1 saturated carbocycles. The summed E-state index contributed by atoms with van der Waals surface area (Å²) >= 11 is 0. The van der Waals surface area contributed by atoms with Crippen LogP contribution in [0.1, 0.15) is 62.7 Å². The maximum absolute atomic E-state index is 12.8. The van der Waals surface area contributed by atoms with E-state index in [0.29, 0.717) is 36.6 Å². The number of amides is 1. The average molecular weight is 381 g/mol. The Hall–Kier alpha value is -2.63. The highest BCUT2D eigenvalue weighted by Crippen LogP contribution is 2.51. The fourth-order valence-electron chi connectivity index (χ4n) is 3.89. The van der Waals surface area contributed by atoms with Crippen molar-refractivity contribution < 1.29 is 9.53 Å². The third-order valence-electron chi connectivity index (χ3n) is 5.48. The molecule has 6 heteroatoms. The van der Waals surface area contributed by atoms with E-state index in [-0.39, 0.29) is 17.1 Å². The van der Waals surface area contributed by atoms with E-state index in [0.717, 1.165) is 19.3 Å². The molecule has 1 aliphatic carbocycles. The molecule has 1 amide bonds. The van der Waals surface area contributed by atoms with E-state index in [4.69, 9.17) is 9.72 Å². The first-order valence-electron chi connectivity index (χ1n) is 9.94. The third kappa shape index (κ3) is 3.55. The molecule has 148 valence electrons. The summed E-state index contributed by atoms with van der Waals surface area (Å²) in [7, 11) is 0. The molecule has 0 saturated heterocycles. The summed E-state index contributed by atoms with van der Waals surface area (Å²) in [6.07, 6.45) is 2.92. The summed E-state index contributed by atoms with van der Waals surface area (Å²) in [5.74, 6) is 0.716. The van der Waals surface area contributed by atoms with Gasteiger partial charge in [0.05, 0.1) is 17.7 Å². The van der Waals surface area contributed by atoms with Gasteiger partial charge in [0.25, 0.3) is 5.56 Å². The number of hydrogen-bond acceptors (Lipinski definition) is 4. The molecule has 0 spiro atoms. The molecular weight excluding hydrogens is 354 g/mol. The number of fused-ring (bicyclic) bond motifs is 1. The molecular formula is C22H27N3O3. The monoisotopic (exact) mass is 381 g/mol. The first-order valence-corrected chi connectivity index (χ1v) is 9.94. The first kappa shape index (κ1) is 18.7. The molecule has 1 fully saturated rings. The van der Waals surface area contributed by atoms with Gasteiger partial charge in [-0.25, -0.2) is 9.78 Å². The quantitative estimate of drug-likeness (QED) is 0.863. The highest BCUT2D eigenvalue weighted by molar-refractivity contribution is 5.68. The van der Waals surface area contributed by atoms with Crippen molar-refractivity contribution in [3.63, 3.8) is 0 Å². The molecule has 0 radical (unpaired) electrons. The van der Waals surface area contributed by atoms with Gasteiger partial charge >= 0.3 is 6.09 Å². The molecule has 2 aliphatic rings.